The topological polar surface area (TPSA) is 25.2 Å². The van der Waals surface area contributed by atoms with Gasteiger partial charge in [0.05, 0.1) is 6.26 Å². The fourth-order valence-electron chi connectivity index (χ4n) is 3.03. The van der Waals surface area contributed by atoms with E-state index in [2.05, 4.69) is 48.6 Å². The number of rotatable bonds is 6. The van der Waals surface area contributed by atoms with Crippen LogP contribution in [0.2, 0.25) is 0 Å². The molecule has 3 rings (SSSR count). The van der Waals surface area contributed by atoms with Crippen LogP contribution in [-0.4, -0.2) is 12.6 Å². The molecular weight excluding hydrogens is 234 g/mol. The van der Waals surface area contributed by atoms with Gasteiger partial charge in [-0.25, -0.2) is 0 Å². The van der Waals surface area contributed by atoms with Crippen LogP contribution in [0, 0.1) is 5.92 Å². The molecule has 0 spiro atoms. The van der Waals surface area contributed by atoms with Crippen molar-refractivity contribution in [3.05, 3.63) is 60.1 Å². The molecule has 1 aromatic carbocycles. The van der Waals surface area contributed by atoms with Crippen molar-refractivity contribution < 1.29 is 4.42 Å². The van der Waals surface area contributed by atoms with Crippen molar-refractivity contribution in [3.63, 3.8) is 0 Å². The molecule has 0 bridgehead atoms. The van der Waals surface area contributed by atoms with Gasteiger partial charge in [-0.05, 0) is 42.5 Å². The maximum atomic E-state index is 5.49. The van der Waals surface area contributed by atoms with Gasteiger partial charge in [0.15, 0.2) is 0 Å². The molecule has 1 aliphatic carbocycles. The zero-order valence-electron chi connectivity index (χ0n) is 11.4. The maximum Gasteiger partial charge on any atom is 0.105 e. The third-order valence-corrected chi connectivity index (χ3v) is 4.05. The van der Waals surface area contributed by atoms with Gasteiger partial charge in [-0.2, -0.15) is 0 Å². The highest BCUT2D eigenvalue weighted by Gasteiger charge is 2.43. The molecule has 1 saturated carbocycles. The zero-order chi connectivity index (χ0) is 13.1. The van der Waals surface area contributed by atoms with Gasteiger partial charge in [0.25, 0.3) is 0 Å². The summed E-state index contributed by atoms with van der Waals surface area (Å²) in [6, 6.07) is 15.4. The molecule has 3 atom stereocenters. The van der Waals surface area contributed by atoms with Crippen molar-refractivity contribution >= 4 is 0 Å². The molecule has 100 valence electrons. The molecule has 3 unspecified atom stereocenters. The quantitative estimate of drug-likeness (QED) is 0.853. The number of furan rings is 1. The van der Waals surface area contributed by atoms with Gasteiger partial charge < -0.3 is 9.73 Å². The normalized spacial score (nSPS) is 23.2. The molecule has 0 saturated heterocycles. The van der Waals surface area contributed by atoms with Crippen LogP contribution >= 0.6 is 0 Å². The standard InChI is InChI=1S/C17H21NO/c1-2-18-17(11-14-9-6-10-19-14)16-12-15(16)13-7-4-3-5-8-13/h3-10,15-18H,2,11-12H2,1H3. The molecule has 1 N–H and O–H groups in total. The van der Waals surface area contributed by atoms with E-state index in [-0.39, 0.29) is 0 Å². The monoisotopic (exact) mass is 255 g/mol. The highest BCUT2D eigenvalue weighted by Crippen LogP contribution is 2.50. The Hall–Kier alpha value is -1.54. The van der Waals surface area contributed by atoms with E-state index in [1.165, 1.54) is 12.0 Å². The number of nitrogens with one attached hydrogen (secondary N) is 1. The summed E-state index contributed by atoms with van der Waals surface area (Å²) in [5, 5.41) is 3.62. The summed E-state index contributed by atoms with van der Waals surface area (Å²) >= 11 is 0. The van der Waals surface area contributed by atoms with E-state index in [1.54, 1.807) is 6.26 Å². The summed E-state index contributed by atoms with van der Waals surface area (Å²) in [7, 11) is 0. The Labute approximate surface area is 114 Å². The second-order valence-corrected chi connectivity index (χ2v) is 5.36. The highest BCUT2D eigenvalue weighted by atomic mass is 16.3. The van der Waals surface area contributed by atoms with E-state index >= 15 is 0 Å². The third kappa shape index (κ3) is 2.90. The lowest BCUT2D eigenvalue weighted by Gasteiger charge is -2.17. The first-order valence-corrected chi connectivity index (χ1v) is 7.19. The fourth-order valence-corrected chi connectivity index (χ4v) is 3.03. The van der Waals surface area contributed by atoms with Crippen molar-refractivity contribution in [3.8, 4) is 0 Å². The van der Waals surface area contributed by atoms with E-state index in [4.69, 9.17) is 4.42 Å². The van der Waals surface area contributed by atoms with E-state index in [0.29, 0.717) is 6.04 Å². The minimum Gasteiger partial charge on any atom is -0.469 e. The predicted octanol–water partition coefficient (Wildman–Crippen LogP) is 3.60. The average Bonchev–Trinajstić information content (AvgIpc) is 3.09. The van der Waals surface area contributed by atoms with Gasteiger partial charge in [-0.3, -0.25) is 0 Å². The summed E-state index contributed by atoms with van der Waals surface area (Å²) in [4.78, 5) is 0. The SMILES string of the molecule is CCNC(Cc1ccco1)C1CC1c1ccccc1. The molecule has 1 fully saturated rings. The van der Waals surface area contributed by atoms with Gasteiger partial charge in [0.1, 0.15) is 5.76 Å². The van der Waals surface area contributed by atoms with E-state index in [9.17, 15) is 0 Å². The van der Waals surface area contributed by atoms with Crippen molar-refractivity contribution in [2.75, 3.05) is 6.54 Å². The molecule has 1 aromatic heterocycles. The lowest BCUT2D eigenvalue weighted by Crippen LogP contribution is -2.33. The van der Waals surface area contributed by atoms with Crippen LogP contribution in [-0.2, 0) is 6.42 Å². The lowest BCUT2D eigenvalue weighted by atomic mass is 10.0. The molecule has 0 radical (unpaired) electrons. The Morgan fingerprint density at radius 2 is 2.05 bits per heavy atom. The number of hydrogen-bond donors (Lipinski definition) is 1. The van der Waals surface area contributed by atoms with Crippen LogP contribution in [0.15, 0.2) is 53.1 Å². The first-order valence-electron chi connectivity index (χ1n) is 7.19. The Morgan fingerprint density at radius 3 is 2.74 bits per heavy atom. The molecule has 19 heavy (non-hydrogen) atoms. The van der Waals surface area contributed by atoms with Crippen molar-refractivity contribution in [2.45, 2.75) is 31.7 Å². The Morgan fingerprint density at radius 1 is 1.21 bits per heavy atom. The molecule has 0 aliphatic heterocycles. The van der Waals surface area contributed by atoms with Crippen LogP contribution < -0.4 is 5.32 Å². The number of benzene rings is 1. The molecule has 1 heterocycles. The zero-order valence-corrected chi connectivity index (χ0v) is 11.4. The van der Waals surface area contributed by atoms with Gasteiger partial charge in [-0.15, -0.1) is 0 Å². The lowest BCUT2D eigenvalue weighted by molar-refractivity contribution is 0.413. The minimum absolute atomic E-state index is 0.529. The summed E-state index contributed by atoms with van der Waals surface area (Å²) in [6.45, 7) is 3.19. The van der Waals surface area contributed by atoms with E-state index in [1.807, 2.05) is 6.07 Å². The second-order valence-electron chi connectivity index (χ2n) is 5.36. The van der Waals surface area contributed by atoms with Crippen molar-refractivity contribution in [1.29, 1.82) is 0 Å². The maximum absolute atomic E-state index is 5.49. The Kier molecular flexibility index (Phi) is 3.69. The minimum atomic E-state index is 0.529. The van der Waals surface area contributed by atoms with Gasteiger partial charge in [-0.1, -0.05) is 37.3 Å². The van der Waals surface area contributed by atoms with Gasteiger partial charge in [0.2, 0.25) is 0 Å². The Bertz CT molecular complexity index is 491. The summed E-state index contributed by atoms with van der Waals surface area (Å²) in [5.74, 6) is 2.55. The average molecular weight is 255 g/mol. The molecular formula is C17H21NO. The molecule has 2 heteroatoms. The van der Waals surface area contributed by atoms with Crippen LogP contribution in [0.25, 0.3) is 0 Å². The number of likely N-dealkylation sites (N-methyl/N-ethyl adjacent to an activating group) is 1. The molecule has 2 aromatic rings. The summed E-state index contributed by atoms with van der Waals surface area (Å²) < 4.78 is 5.49. The smallest absolute Gasteiger partial charge is 0.105 e. The largest absolute Gasteiger partial charge is 0.469 e. The van der Waals surface area contributed by atoms with Crippen molar-refractivity contribution in [1.82, 2.24) is 5.32 Å². The third-order valence-electron chi connectivity index (χ3n) is 4.05. The predicted molar refractivity (Wildman–Crippen MR) is 77.2 cm³/mol. The molecule has 2 nitrogen and oxygen atoms in total. The fraction of sp³-hybridized carbons (Fsp3) is 0.412. The second kappa shape index (κ2) is 5.62. The van der Waals surface area contributed by atoms with Crippen molar-refractivity contribution in [2.24, 2.45) is 5.92 Å². The van der Waals surface area contributed by atoms with E-state index < -0.39 is 0 Å². The summed E-state index contributed by atoms with van der Waals surface area (Å²) in [6.07, 6.45) is 4.05. The van der Waals surface area contributed by atoms with Crippen LogP contribution in [0.5, 0.6) is 0 Å². The molecule has 0 amide bonds. The van der Waals surface area contributed by atoms with E-state index in [0.717, 1.165) is 30.6 Å². The van der Waals surface area contributed by atoms with Gasteiger partial charge >= 0.3 is 0 Å². The molecule has 1 aliphatic rings. The first-order chi connectivity index (χ1) is 9.38. The van der Waals surface area contributed by atoms with Crippen LogP contribution in [0.3, 0.4) is 0 Å². The Balaban J connectivity index is 1.66. The van der Waals surface area contributed by atoms with Crippen LogP contribution in [0.4, 0.5) is 0 Å². The highest BCUT2D eigenvalue weighted by molar-refractivity contribution is 5.27. The number of hydrogen-bond acceptors (Lipinski definition) is 2. The van der Waals surface area contributed by atoms with Crippen LogP contribution in [0.1, 0.15) is 30.6 Å². The summed E-state index contributed by atoms with van der Waals surface area (Å²) in [5.41, 5.74) is 1.48. The van der Waals surface area contributed by atoms with Gasteiger partial charge in [0, 0.05) is 12.5 Å². The first kappa shape index (κ1) is 12.5.